The second-order valence-electron chi connectivity index (χ2n) is 4.84. The first-order valence-electron chi connectivity index (χ1n) is 7.15. The van der Waals surface area contributed by atoms with Gasteiger partial charge in [0.25, 0.3) is 0 Å². The molecule has 2 aromatic carbocycles. The van der Waals surface area contributed by atoms with Crippen LogP contribution in [0.4, 0.5) is 0 Å². The second-order valence-corrected chi connectivity index (χ2v) is 4.84. The molecule has 2 aromatic rings. The fourth-order valence-corrected chi connectivity index (χ4v) is 2.19. The van der Waals surface area contributed by atoms with E-state index >= 15 is 0 Å². The number of benzene rings is 2. The van der Waals surface area contributed by atoms with E-state index < -0.39 is 0 Å². The Bertz CT molecular complexity index is 819. The van der Waals surface area contributed by atoms with Gasteiger partial charge in [-0.1, -0.05) is 12.1 Å². The first kappa shape index (κ1) is 17.1. The van der Waals surface area contributed by atoms with Crippen LogP contribution in [-0.4, -0.2) is 27.1 Å². The quantitative estimate of drug-likeness (QED) is 0.601. The minimum atomic E-state index is -0.205. The van der Waals surface area contributed by atoms with Crippen molar-refractivity contribution in [1.29, 1.82) is 5.26 Å². The first-order valence-corrected chi connectivity index (χ1v) is 7.15. The molecule has 0 N–H and O–H groups in total. The Morgan fingerprint density at radius 3 is 2.29 bits per heavy atom. The molecular weight excluding hydrogens is 306 g/mol. The van der Waals surface area contributed by atoms with Gasteiger partial charge >= 0.3 is 0 Å². The van der Waals surface area contributed by atoms with Crippen LogP contribution in [0.2, 0.25) is 0 Å². The van der Waals surface area contributed by atoms with E-state index in [-0.39, 0.29) is 5.78 Å². The molecule has 0 saturated carbocycles. The molecule has 0 radical (unpaired) electrons. The lowest BCUT2D eigenvalue weighted by molar-refractivity contribution is 0.104. The molecule has 0 fully saturated rings. The summed E-state index contributed by atoms with van der Waals surface area (Å²) in [6.45, 7) is 0. The standard InChI is InChI=1S/C19H17NO4/c1-22-17-11-19(24-3)18(23-2)10-15(17)7-8-16(21)14-6-4-5-13(9-14)12-20/h4-11H,1-3H3/b8-7+. The Morgan fingerprint density at radius 2 is 1.67 bits per heavy atom. The highest BCUT2D eigenvalue weighted by atomic mass is 16.5. The minimum Gasteiger partial charge on any atom is -0.496 e. The number of nitriles is 1. The summed E-state index contributed by atoms with van der Waals surface area (Å²) < 4.78 is 15.8. The molecule has 122 valence electrons. The summed E-state index contributed by atoms with van der Waals surface area (Å²) in [5, 5.41) is 8.91. The summed E-state index contributed by atoms with van der Waals surface area (Å²) >= 11 is 0. The van der Waals surface area contributed by atoms with Gasteiger partial charge < -0.3 is 14.2 Å². The van der Waals surface area contributed by atoms with Crippen LogP contribution in [0.3, 0.4) is 0 Å². The van der Waals surface area contributed by atoms with Crippen LogP contribution in [0.15, 0.2) is 42.5 Å². The Kier molecular flexibility index (Phi) is 5.58. The summed E-state index contributed by atoms with van der Waals surface area (Å²) in [5.74, 6) is 1.43. The van der Waals surface area contributed by atoms with Gasteiger partial charge in [0, 0.05) is 17.2 Å². The van der Waals surface area contributed by atoms with Crippen LogP contribution >= 0.6 is 0 Å². The molecule has 5 heteroatoms. The molecule has 0 heterocycles. The highest BCUT2D eigenvalue weighted by Gasteiger charge is 2.10. The molecule has 5 nitrogen and oxygen atoms in total. The normalized spacial score (nSPS) is 10.2. The number of allylic oxidation sites excluding steroid dienone is 1. The molecule has 0 aromatic heterocycles. The molecule has 0 saturated heterocycles. The Balaban J connectivity index is 2.33. The summed E-state index contributed by atoms with van der Waals surface area (Å²) in [6, 6.07) is 12.0. The van der Waals surface area contributed by atoms with Crippen LogP contribution in [0.1, 0.15) is 21.5 Å². The van der Waals surface area contributed by atoms with Crippen molar-refractivity contribution in [2.24, 2.45) is 0 Å². The van der Waals surface area contributed by atoms with Gasteiger partial charge in [-0.2, -0.15) is 5.26 Å². The zero-order chi connectivity index (χ0) is 17.5. The minimum absolute atomic E-state index is 0.205. The molecule has 0 spiro atoms. The third-order valence-electron chi connectivity index (χ3n) is 3.43. The van der Waals surface area contributed by atoms with Crippen molar-refractivity contribution >= 4 is 11.9 Å². The lowest BCUT2D eigenvalue weighted by atomic mass is 10.1. The highest BCUT2D eigenvalue weighted by molar-refractivity contribution is 6.07. The van der Waals surface area contributed by atoms with Crippen LogP contribution in [0.25, 0.3) is 6.08 Å². The van der Waals surface area contributed by atoms with E-state index in [1.165, 1.54) is 20.3 Å². The predicted octanol–water partition coefficient (Wildman–Crippen LogP) is 3.48. The Morgan fingerprint density at radius 1 is 1.00 bits per heavy atom. The summed E-state index contributed by atoms with van der Waals surface area (Å²) in [6.07, 6.45) is 3.07. The average Bonchev–Trinajstić information content (AvgIpc) is 2.65. The molecule has 0 unspecified atom stereocenters. The van der Waals surface area contributed by atoms with Crippen molar-refractivity contribution in [2.75, 3.05) is 21.3 Å². The maximum absolute atomic E-state index is 12.3. The summed E-state index contributed by atoms with van der Waals surface area (Å²) in [5.41, 5.74) is 1.57. The number of hydrogen-bond acceptors (Lipinski definition) is 5. The molecule has 0 bridgehead atoms. The molecule has 0 atom stereocenters. The summed E-state index contributed by atoms with van der Waals surface area (Å²) in [7, 11) is 4.62. The third kappa shape index (κ3) is 3.73. The van der Waals surface area contributed by atoms with Crippen LogP contribution in [0.5, 0.6) is 17.2 Å². The fourth-order valence-electron chi connectivity index (χ4n) is 2.19. The first-order chi connectivity index (χ1) is 11.6. The number of ether oxygens (including phenoxy) is 3. The molecule has 0 amide bonds. The third-order valence-corrected chi connectivity index (χ3v) is 3.43. The van der Waals surface area contributed by atoms with Gasteiger partial charge in [0.1, 0.15) is 5.75 Å². The van der Waals surface area contributed by atoms with Gasteiger partial charge in [0.2, 0.25) is 0 Å². The number of carbonyl (C=O) groups excluding carboxylic acids is 1. The number of ketones is 1. The smallest absolute Gasteiger partial charge is 0.185 e. The molecule has 0 aliphatic carbocycles. The number of hydrogen-bond donors (Lipinski definition) is 0. The molecular formula is C19H17NO4. The van der Waals surface area contributed by atoms with E-state index in [4.69, 9.17) is 19.5 Å². The molecule has 24 heavy (non-hydrogen) atoms. The van der Waals surface area contributed by atoms with E-state index in [0.717, 1.165) is 0 Å². The van der Waals surface area contributed by atoms with E-state index in [0.29, 0.717) is 33.9 Å². The van der Waals surface area contributed by atoms with Crippen molar-refractivity contribution in [3.8, 4) is 23.3 Å². The van der Waals surface area contributed by atoms with Crippen molar-refractivity contribution in [2.45, 2.75) is 0 Å². The van der Waals surface area contributed by atoms with Gasteiger partial charge in [-0.15, -0.1) is 0 Å². The van der Waals surface area contributed by atoms with Crippen molar-refractivity contribution in [1.82, 2.24) is 0 Å². The Labute approximate surface area is 140 Å². The van der Waals surface area contributed by atoms with E-state index in [9.17, 15) is 4.79 Å². The number of nitrogens with zero attached hydrogens (tertiary/aromatic N) is 1. The number of rotatable bonds is 6. The second kappa shape index (κ2) is 7.84. The SMILES string of the molecule is COc1cc(OC)c(OC)cc1/C=C/C(=O)c1cccc(C#N)c1. The zero-order valence-electron chi connectivity index (χ0n) is 13.7. The highest BCUT2D eigenvalue weighted by Crippen LogP contribution is 2.35. The van der Waals surface area contributed by atoms with Crippen molar-refractivity contribution in [3.05, 3.63) is 59.2 Å². The topological polar surface area (TPSA) is 68.6 Å². The average molecular weight is 323 g/mol. The predicted molar refractivity (Wildman–Crippen MR) is 90.6 cm³/mol. The van der Waals surface area contributed by atoms with Gasteiger partial charge in [-0.05, 0) is 30.4 Å². The molecule has 0 aliphatic rings. The fraction of sp³-hybridized carbons (Fsp3) is 0.158. The monoisotopic (exact) mass is 323 g/mol. The van der Waals surface area contributed by atoms with Gasteiger partial charge in [-0.25, -0.2) is 0 Å². The van der Waals surface area contributed by atoms with Gasteiger partial charge in [0.05, 0.1) is 33.0 Å². The Hall–Kier alpha value is -3.26. The number of methoxy groups -OCH3 is 3. The number of carbonyl (C=O) groups is 1. The maximum atomic E-state index is 12.3. The molecule has 0 aliphatic heterocycles. The largest absolute Gasteiger partial charge is 0.496 e. The lowest BCUT2D eigenvalue weighted by Crippen LogP contribution is -1.96. The summed E-state index contributed by atoms with van der Waals surface area (Å²) in [4.78, 5) is 12.3. The maximum Gasteiger partial charge on any atom is 0.185 e. The van der Waals surface area contributed by atoms with Gasteiger partial charge in [-0.3, -0.25) is 4.79 Å². The van der Waals surface area contributed by atoms with E-state index in [2.05, 4.69) is 0 Å². The van der Waals surface area contributed by atoms with Gasteiger partial charge in [0.15, 0.2) is 17.3 Å². The van der Waals surface area contributed by atoms with E-state index in [1.54, 1.807) is 49.6 Å². The zero-order valence-corrected chi connectivity index (χ0v) is 13.7. The van der Waals surface area contributed by atoms with Crippen LogP contribution in [0, 0.1) is 11.3 Å². The van der Waals surface area contributed by atoms with Crippen molar-refractivity contribution in [3.63, 3.8) is 0 Å². The lowest BCUT2D eigenvalue weighted by Gasteiger charge is -2.12. The van der Waals surface area contributed by atoms with E-state index in [1.807, 2.05) is 6.07 Å². The van der Waals surface area contributed by atoms with Crippen LogP contribution < -0.4 is 14.2 Å². The van der Waals surface area contributed by atoms with Crippen LogP contribution in [-0.2, 0) is 0 Å². The van der Waals surface area contributed by atoms with Crippen molar-refractivity contribution < 1.29 is 19.0 Å². The molecule has 2 rings (SSSR count).